The van der Waals surface area contributed by atoms with E-state index < -0.39 is 0 Å². The lowest BCUT2D eigenvalue weighted by atomic mass is 9.96. The first-order valence-electron chi connectivity index (χ1n) is 5.70. The van der Waals surface area contributed by atoms with Crippen molar-refractivity contribution in [3.63, 3.8) is 0 Å². The topological polar surface area (TPSA) is 35.2 Å². The Balaban J connectivity index is 2.41. The highest BCUT2D eigenvalue weighted by atomic mass is 79.9. The molecule has 0 aliphatic heterocycles. The minimum absolute atomic E-state index is 0.175. The van der Waals surface area contributed by atoms with Crippen LogP contribution in [-0.2, 0) is 11.3 Å². The molecule has 0 saturated carbocycles. The molecule has 0 bridgehead atoms. The molecule has 0 radical (unpaired) electrons. The van der Waals surface area contributed by atoms with Gasteiger partial charge in [0, 0.05) is 10.0 Å². The summed E-state index contributed by atoms with van der Waals surface area (Å²) >= 11 is 3.44. The molecule has 0 aliphatic carbocycles. The van der Waals surface area contributed by atoms with Gasteiger partial charge in [-0.3, -0.25) is 0 Å². The summed E-state index contributed by atoms with van der Waals surface area (Å²) in [4.78, 5) is 0. The Labute approximate surface area is 106 Å². The molecule has 2 N–H and O–H groups in total. The number of ether oxygens (including phenoxy) is 1. The maximum Gasteiger partial charge on any atom is 0.0718 e. The van der Waals surface area contributed by atoms with E-state index in [1.165, 1.54) is 5.56 Å². The number of nitrogens with two attached hydrogens (primary N) is 1. The molecule has 3 heteroatoms. The van der Waals surface area contributed by atoms with Gasteiger partial charge in [0.05, 0.1) is 13.2 Å². The lowest BCUT2D eigenvalue weighted by molar-refractivity contribution is 0.0696. The number of hydrogen-bond donors (Lipinski definition) is 1. The predicted molar refractivity (Wildman–Crippen MR) is 71.3 cm³/mol. The Bertz CT molecular complexity index is 323. The smallest absolute Gasteiger partial charge is 0.0718 e. The van der Waals surface area contributed by atoms with Crippen LogP contribution in [0.4, 0.5) is 0 Å². The van der Waals surface area contributed by atoms with E-state index in [0.29, 0.717) is 13.2 Å². The Morgan fingerprint density at radius 3 is 2.56 bits per heavy atom. The van der Waals surface area contributed by atoms with Gasteiger partial charge in [-0.15, -0.1) is 0 Å². The van der Waals surface area contributed by atoms with Gasteiger partial charge in [0.2, 0.25) is 0 Å². The van der Waals surface area contributed by atoms with E-state index in [2.05, 4.69) is 41.9 Å². The molecule has 0 aromatic heterocycles. The predicted octanol–water partition coefficient (Wildman–Crippen LogP) is 3.48. The summed E-state index contributed by atoms with van der Waals surface area (Å²) in [6.45, 7) is 5.45. The molecule has 2 nitrogen and oxygen atoms in total. The third kappa shape index (κ3) is 4.24. The summed E-state index contributed by atoms with van der Waals surface area (Å²) in [5.74, 6) is 0. The van der Waals surface area contributed by atoms with Gasteiger partial charge in [0.25, 0.3) is 0 Å². The first kappa shape index (κ1) is 13.7. The van der Waals surface area contributed by atoms with E-state index in [1.807, 2.05) is 12.1 Å². The molecule has 16 heavy (non-hydrogen) atoms. The van der Waals surface area contributed by atoms with E-state index in [-0.39, 0.29) is 5.54 Å². The maximum atomic E-state index is 6.16. The molecule has 0 unspecified atom stereocenters. The molecule has 1 rings (SSSR count). The molecule has 90 valence electrons. The van der Waals surface area contributed by atoms with E-state index in [1.54, 1.807) is 0 Å². The van der Waals surface area contributed by atoms with Crippen LogP contribution >= 0.6 is 15.9 Å². The number of halogens is 1. The fourth-order valence-corrected chi connectivity index (χ4v) is 1.90. The van der Waals surface area contributed by atoms with Crippen LogP contribution in [0.5, 0.6) is 0 Å². The van der Waals surface area contributed by atoms with Gasteiger partial charge in [-0.1, -0.05) is 41.9 Å². The second-order valence-electron chi connectivity index (χ2n) is 4.19. The lowest BCUT2D eigenvalue weighted by Gasteiger charge is -2.26. The first-order valence-corrected chi connectivity index (χ1v) is 6.50. The molecule has 1 aromatic carbocycles. The Kier molecular flexibility index (Phi) is 5.46. The molecule has 0 fully saturated rings. The van der Waals surface area contributed by atoms with Crippen molar-refractivity contribution < 1.29 is 4.74 Å². The second kappa shape index (κ2) is 6.38. The molecule has 1 aromatic rings. The fourth-order valence-electron chi connectivity index (χ4n) is 1.45. The third-order valence-corrected chi connectivity index (χ3v) is 3.45. The lowest BCUT2D eigenvalue weighted by Crippen LogP contribution is -2.43. The molecule has 0 heterocycles. The average Bonchev–Trinajstić information content (AvgIpc) is 2.29. The Morgan fingerprint density at radius 2 is 2.00 bits per heavy atom. The molecular weight excluding hydrogens is 266 g/mol. The van der Waals surface area contributed by atoms with Crippen molar-refractivity contribution >= 4 is 15.9 Å². The van der Waals surface area contributed by atoms with Crippen molar-refractivity contribution in [1.29, 1.82) is 0 Å². The highest BCUT2D eigenvalue weighted by molar-refractivity contribution is 9.10. The van der Waals surface area contributed by atoms with Crippen LogP contribution in [-0.4, -0.2) is 12.1 Å². The van der Waals surface area contributed by atoms with Crippen molar-refractivity contribution in [1.82, 2.24) is 0 Å². The van der Waals surface area contributed by atoms with Gasteiger partial charge in [-0.05, 0) is 30.5 Å². The van der Waals surface area contributed by atoms with Crippen LogP contribution < -0.4 is 5.73 Å². The summed E-state index contributed by atoms with van der Waals surface area (Å²) in [5, 5.41) is 0. The summed E-state index contributed by atoms with van der Waals surface area (Å²) in [6.07, 6.45) is 1.89. The fraction of sp³-hybridized carbons (Fsp3) is 0.538. The maximum absolute atomic E-state index is 6.16. The van der Waals surface area contributed by atoms with Crippen molar-refractivity contribution in [2.24, 2.45) is 5.73 Å². The first-order chi connectivity index (χ1) is 7.59. The SMILES string of the molecule is CCC(N)(CC)COCc1cccc(Br)c1. The molecule has 0 saturated heterocycles. The van der Waals surface area contributed by atoms with Crippen LogP contribution in [0.15, 0.2) is 28.7 Å². The van der Waals surface area contributed by atoms with Gasteiger partial charge in [0.1, 0.15) is 0 Å². The van der Waals surface area contributed by atoms with Crippen LogP contribution in [0.3, 0.4) is 0 Å². The van der Waals surface area contributed by atoms with Gasteiger partial charge in [0.15, 0.2) is 0 Å². The minimum atomic E-state index is -0.175. The minimum Gasteiger partial charge on any atom is -0.375 e. The van der Waals surface area contributed by atoms with Crippen molar-refractivity contribution in [2.75, 3.05) is 6.61 Å². The van der Waals surface area contributed by atoms with Crippen LogP contribution in [0.25, 0.3) is 0 Å². The van der Waals surface area contributed by atoms with E-state index in [4.69, 9.17) is 10.5 Å². The highest BCUT2D eigenvalue weighted by Crippen LogP contribution is 2.15. The summed E-state index contributed by atoms with van der Waals surface area (Å²) in [5.41, 5.74) is 7.15. The molecular formula is C13H20BrNO. The molecule has 0 atom stereocenters. The molecule has 0 spiro atoms. The number of benzene rings is 1. The van der Waals surface area contributed by atoms with Gasteiger partial charge in [-0.25, -0.2) is 0 Å². The standard InChI is InChI=1S/C13H20BrNO/c1-3-13(15,4-2)10-16-9-11-6-5-7-12(14)8-11/h5-8H,3-4,9-10,15H2,1-2H3. The van der Waals surface area contributed by atoms with Crippen molar-refractivity contribution in [3.05, 3.63) is 34.3 Å². The average molecular weight is 286 g/mol. The van der Waals surface area contributed by atoms with Crippen molar-refractivity contribution in [2.45, 2.75) is 38.8 Å². The highest BCUT2D eigenvalue weighted by Gasteiger charge is 2.20. The van der Waals surface area contributed by atoms with Crippen molar-refractivity contribution in [3.8, 4) is 0 Å². The second-order valence-corrected chi connectivity index (χ2v) is 5.11. The van der Waals surface area contributed by atoms with E-state index in [0.717, 1.165) is 17.3 Å². The summed E-state index contributed by atoms with van der Waals surface area (Å²) in [6, 6.07) is 8.14. The quantitative estimate of drug-likeness (QED) is 0.869. The zero-order valence-corrected chi connectivity index (χ0v) is 11.6. The van der Waals surface area contributed by atoms with E-state index in [9.17, 15) is 0 Å². The van der Waals surface area contributed by atoms with Gasteiger partial charge >= 0.3 is 0 Å². The summed E-state index contributed by atoms with van der Waals surface area (Å²) < 4.78 is 6.76. The van der Waals surface area contributed by atoms with Crippen LogP contribution in [0.2, 0.25) is 0 Å². The van der Waals surface area contributed by atoms with Crippen LogP contribution in [0, 0.1) is 0 Å². The number of rotatable bonds is 6. The molecule has 0 amide bonds. The zero-order chi connectivity index (χ0) is 12.0. The third-order valence-electron chi connectivity index (χ3n) is 2.96. The van der Waals surface area contributed by atoms with Gasteiger partial charge < -0.3 is 10.5 Å². The van der Waals surface area contributed by atoms with E-state index >= 15 is 0 Å². The normalized spacial score (nSPS) is 11.8. The largest absolute Gasteiger partial charge is 0.375 e. The zero-order valence-electron chi connectivity index (χ0n) is 10.0. The van der Waals surface area contributed by atoms with Crippen LogP contribution in [0.1, 0.15) is 32.3 Å². The van der Waals surface area contributed by atoms with Gasteiger partial charge in [-0.2, -0.15) is 0 Å². The Morgan fingerprint density at radius 1 is 1.31 bits per heavy atom. The monoisotopic (exact) mass is 285 g/mol. The number of hydrogen-bond acceptors (Lipinski definition) is 2. The molecule has 0 aliphatic rings. The summed E-state index contributed by atoms with van der Waals surface area (Å²) in [7, 11) is 0. The Hall–Kier alpha value is -0.380.